The van der Waals surface area contributed by atoms with Crippen molar-refractivity contribution in [1.29, 1.82) is 0 Å². The van der Waals surface area contributed by atoms with Crippen molar-refractivity contribution in [1.82, 2.24) is 0 Å². The molecule has 2 aliphatic rings. The molecule has 18 heavy (non-hydrogen) atoms. The van der Waals surface area contributed by atoms with Crippen LogP contribution in [0.15, 0.2) is 6.07 Å². The maximum absolute atomic E-state index is 11.0. The highest BCUT2D eigenvalue weighted by atomic mass is 35.5. The smallest absolute Gasteiger partial charge is 0.231 e. The average molecular weight is 268 g/mol. The van der Waals surface area contributed by atoms with Crippen LogP contribution in [-0.2, 0) is 5.41 Å². The highest BCUT2D eigenvalue weighted by Gasteiger charge is 2.51. The van der Waals surface area contributed by atoms with E-state index in [0.29, 0.717) is 22.1 Å². The van der Waals surface area contributed by atoms with Gasteiger partial charge in [-0.15, -0.1) is 0 Å². The predicted molar refractivity (Wildman–Crippen MR) is 67.5 cm³/mol. The molecular weight excluding hydrogens is 254 g/mol. The molecule has 1 fully saturated rings. The van der Waals surface area contributed by atoms with Gasteiger partial charge < -0.3 is 15.2 Å². The van der Waals surface area contributed by atoms with E-state index in [2.05, 4.69) is 0 Å². The molecule has 96 valence electrons. The molecule has 0 amide bonds. The van der Waals surface area contributed by atoms with Crippen LogP contribution in [0.4, 0.5) is 0 Å². The lowest BCUT2D eigenvalue weighted by molar-refractivity contribution is 0.111. The molecule has 1 aromatic rings. The van der Waals surface area contributed by atoms with Crippen LogP contribution in [-0.4, -0.2) is 19.1 Å². The summed E-state index contributed by atoms with van der Waals surface area (Å²) >= 11 is 6.31. The van der Waals surface area contributed by atoms with Crippen molar-refractivity contribution in [2.75, 3.05) is 6.79 Å². The number of aldehydes is 1. The number of ether oxygens (including phenoxy) is 2. The van der Waals surface area contributed by atoms with E-state index in [1.165, 1.54) is 0 Å². The summed E-state index contributed by atoms with van der Waals surface area (Å²) in [5.41, 5.74) is 7.27. The second kappa shape index (κ2) is 3.87. The molecule has 0 radical (unpaired) electrons. The number of benzene rings is 1. The van der Waals surface area contributed by atoms with Gasteiger partial charge in [0.2, 0.25) is 6.79 Å². The van der Waals surface area contributed by atoms with Gasteiger partial charge in [-0.25, -0.2) is 0 Å². The summed E-state index contributed by atoms with van der Waals surface area (Å²) in [6, 6.07) is 1.63. The SMILES string of the molecule is CC(N)C1(c2c(Cl)cc(C=O)c3c2OCO3)CC1. The predicted octanol–water partition coefficient (Wildman–Crippen LogP) is 2.26. The van der Waals surface area contributed by atoms with Crippen molar-refractivity contribution in [2.24, 2.45) is 5.73 Å². The molecule has 0 spiro atoms. The van der Waals surface area contributed by atoms with Crippen LogP contribution in [0.2, 0.25) is 5.02 Å². The molecule has 5 heteroatoms. The highest BCUT2D eigenvalue weighted by Crippen LogP contribution is 2.58. The van der Waals surface area contributed by atoms with Crippen LogP contribution in [0.5, 0.6) is 11.5 Å². The lowest BCUT2D eigenvalue weighted by atomic mass is 9.87. The Kier molecular flexibility index (Phi) is 2.54. The van der Waals surface area contributed by atoms with Gasteiger partial charge in [-0.1, -0.05) is 11.6 Å². The summed E-state index contributed by atoms with van der Waals surface area (Å²) in [6.07, 6.45) is 2.70. The topological polar surface area (TPSA) is 61.6 Å². The molecule has 0 saturated heterocycles. The van der Waals surface area contributed by atoms with Gasteiger partial charge in [-0.05, 0) is 25.8 Å². The quantitative estimate of drug-likeness (QED) is 0.854. The lowest BCUT2D eigenvalue weighted by Gasteiger charge is -2.23. The van der Waals surface area contributed by atoms with E-state index in [4.69, 9.17) is 26.8 Å². The van der Waals surface area contributed by atoms with Crippen LogP contribution < -0.4 is 15.2 Å². The number of nitrogens with two attached hydrogens (primary N) is 1. The van der Waals surface area contributed by atoms with Gasteiger partial charge >= 0.3 is 0 Å². The van der Waals surface area contributed by atoms with E-state index in [1.807, 2.05) is 6.92 Å². The zero-order valence-electron chi connectivity index (χ0n) is 10.0. The molecular formula is C13H14ClNO3. The first-order valence-electron chi connectivity index (χ1n) is 5.93. The fraction of sp³-hybridized carbons (Fsp3) is 0.462. The van der Waals surface area contributed by atoms with Crippen molar-refractivity contribution in [3.63, 3.8) is 0 Å². The van der Waals surface area contributed by atoms with Gasteiger partial charge in [-0.2, -0.15) is 0 Å². The Morgan fingerprint density at radius 1 is 1.44 bits per heavy atom. The van der Waals surface area contributed by atoms with Gasteiger partial charge in [-0.3, -0.25) is 4.79 Å². The molecule has 1 heterocycles. The molecule has 0 aromatic heterocycles. The van der Waals surface area contributed by atoms with Crippen molar-refractivity contribution < 1.29 is 14.3 Å². The summed E-state index contributed by atoms with van der Waals surface area (Å²) in [5, 5.41) is 0.538. The molecule has 0 bridgehead atoms. The fourth-order valence-corrected chi connectivity index (χ4v) is 3.07. The summed E-state index contributed by atoms with van der Waals surface area (Å²) < 4.78 is 10.9. The Bertz CT molecular complexity index is 523. The van der Waals surface area contributed by atoms with Crippen molar-refractivity contribution in [2.45, 2.75) is 31.2 Å². The van der Waals surface area contributed by atoms with Crippen LogP contribution in [0.3, 0.4) is 0 Å². The molecule has 4 nitrogen and oxygen atoms in total. The second-order valence-corrected chi connectivity index (χ2v) is 5.36. The van der Waals surface area contributed by atoms with Gasteiger partial charge in [0.25, 0.3) is 0 Å². The van der Waals surface area contributed by atoms with E-state index in [9.17, 15) is 4.79 Å². The molecule has 1 unspecified atom stereocenters. The van der Waals surface area contributed by atoms with Crippen LogP contribution in [0.25, 0.3) is 0 Å². The zero-order valence-corrected chi connectivity index (χ0v) is 10.8. The first-order valence-corrected chi connectivity index (χ1v) is 6.31. The minimum atomic E-state index is -0.129. The first-order chi connectivity index (χ1) is 8.60. The van der Waals surface area contributed by atoms with Crippen LogP contribution in [0, 0.1) is 0 Å². The maximum Gasteiger partial charge on any atom is 0.231 e. The maximum atomic E-state index is 11.0. The van der Waals surface area contributed by atoms with E-state index in [-0.39, 0.29) is 18.2 Å². The number of hydrogen-bond acceptors (Lipinski definition) is 4. The zero-order chi connectivity index (χ0) is 12.9. The molecule has 1 aliphatic carbocycles. The minimum absolute atomic E-state index is 0.00891. The number of fused-ring (bicyclic) bond motifs is 1. The van der Waals surface area contributed by atoms with Gasteiger partial charge in [0.05, 0.1) is 5.56 Å². The molecule has 1 aromatic carbocycles. The Balaban J connectivity index is 2.22. The van der Waals surface area contributed by atoms with Gasteiger partial charge in [0.15, 0.2) is 17.8 Å². The molecule has 2 N–H and O–H groups in total. The highest BCUT2D eigenvalue weighted by molar-refractivity contribution is 6.32. The number of hydrogen-bond donors (Lipinski definition) is 1. The number of halogens is 1. The Labute approximate surface area is 110 Å². The fourth-order valence-electron chi connectivity index (χ4n) is 2.68. The third kappa shape index (κ3) is 1.45. The number of carbonyl (C=O) groups excluding carboxylic acids is 1. The summed E-state index contributed by atoms with van der Waals surface area (Å²) in [7, 11) is 0. The summed E-state index contributed by atoms with van der Waals surface area (Å²) in [4.78, 5) is 11.0. The summed E-state index contributed by atoms with van der Waals surface area (Å²) in [6.45, 7) is 2.09. The van der Waals surface area contributed by atoms with E-state index in [1.54, 1.807) is 6.07 Å². The minimum Gasteiger partial charge on any atom is -0.453 e. The van der Waals surface area contributed by atoms with E-state index >= 15 is 0 Å². The summed E-state index contributed by atoms with van der Waals surface area (Å²) in [5.74, 6) is 1.09. The average Bonchev–Trinajstić information content (AvgIpc) is 2.99. The standard InChI is InChI=1S/C13H14ClNO3/c1-7(15)13(2-3-13)10-9(14)4-8(5-16)11-12(10)18-6-17-11/h4-5,7H,2-3,6,15H2,1H3. The van der Waals surface area contributed by atoms with E-state index in [0.717, 1.165) is 24.7 Å². The van der Waals surface area contributed by atoms with E-state index < -0.39 is 0 Å². The lowest BCUT2D eigenvalue weighted by Crippen LogP contribution is -2.32. The Hall–Kier alpha value is -1.26. The first kappa shape index (κ1) is 11.8. The molecule has 1 atom stereocenters. The third-order valence-electron chi connectivity index (χ3n) is 3.91. The number of rotatable bonds is 3. The molecule has 1 aliphatic heterocycles. The Morgan fingerprint density at radius 3 is 2.67 bits per heavy atom. The van der Waals surface area contributed by atoms with Crippen molar-refractivity contribution >= 4 is 17.9 Å². The molecule has 3 rings (SSSR count). The van der Waals surface area contributed by atoms with Crippen LogP contribution >= 0.6 is 11.6 Å². The second-order valence-electron chi connectivity index (χ2n) is 4.95. The van der Waals surface area contributed by atoms with Crippen molar-refractivity contribution in [3.05, 3.63) is 22.2 Å². The van der Waals surface area contributed by atoms with Gasteiger partial charge in [0.1, 0.15) is 0 Å². The normalized spacial score (nSPS) is 20.6. The third-order valence-corrected chi connectivity index (χ3v) is 4.21. The largest absolute Gasteiger partial charge is 0.453 e. The monoisotopic (exact) mass is 267 g/mol. The number of carbonyl (C=O) groups is 1. The van der Waals surface area contributed by atoms with Crippen molar-refractivity contribution in [3.8, 4) is 11.5 Å². The Morgan fingerprint density at radius 2 is 2.11 bits per heavy atom. The molecule has 1 saturated carbocycles. The van der Waals surface area contributed by atoms with Gasteiger partial charge in [0, 0.05) is 22.0 Å². The van der Waals surface area contributed by atoms with Crippen LogP contribution in [0.1, 0.15) is 35.7 Å².